The summed E-state index contributed by atoms with van der Waals surface area (Å²) in [6.07, 6.45) is 7.32. The van der Waals surface area contributed by atoms with Gasteiger partial charge in [-0.25, -0.2) is 0 Å². The van der Waals surface area contributed by atoms with Gasteiger partial charge < -0.3 is 0 Å². The largest absolute Gasteiger partial charge is 0.286 e. The fourth-order valence-corrected chi connectivity index (χ4v) is 2.47. The van der Waals surface area contributed by atoms with E-state index >= 15 is 0 Å². The second-order valence-corrected chi connectivity index (χ2v) is 4.47. The molecule has 3 rings (SSSR count). The Morgan fingerprint density at radius 2 is 2.07 bits per heavy atom. The number of hydrogen-bond donors (Lipinski definition) is 0. The average molecular weight is 201 g/mol. The zero-order valence-electron chi connectivity index (χ0n) is 8.98. The lowest BCUT2D eigenvalue weighted by Gasteiger charge is -2.06. The van der Waals surface area contributed by atoms with Crippen LogP contribution in [-0.2, 0) is 0 Å². The minimum absolute atomic E-state index is 0.628. The van der Waals surface area contributed by atoms with E-state index in [0.29, 0.717) is 5.92 Å². The molecule has 2 heterocycles. The maximum atomic E-state index is 4.33. The normalized spacial score (nSPS) is 17.7. The summed E-state index contributed by atoms with van der Waals surface area (Å²) >= 11 is 0. The molecular weight excluding hydrogens is 186 g/mol. The Balaban J connectivity index is 2.11. The molecule has 0 amide bonds. The van der Waals surface area contributed by atoms with Gasteiger partial charge in [0.15, 0.2) is 5.65 Å². The second kappa shape index (κ2) is 3.33. The third-order valence-electron chi connectivity index (χ3n) is 3.31. The molecular formula is C12H15N3. The molecule has 0 atom stereocenters. The predicted molar refractivity (Wildman–Crippen MR) is 58.9 cm³/mol. The third-order valence-corrected chi connectivity index (χ3v) is 3.31. The number of rotatable bonds is 1. The Morgan fingerprint density at radius 1 is 1.27 bits per heavy atom. The SMILES string of the molecule is Cc1ccn2c(C3CCCC3)nnc2c1. The van der Waals surface area contributed by atoms with Crippen LogP contribution >= 0.6 is 0 Å². The van der Waals surface area contributed by atoms with Crippen LogP contribution in [0.1, 0.15) is 43.0 Å². The molecule has 78 valence electrons. The Hall–Kier alpha value is -1.38. The van der Waals surface area contributed by atoms with Gasteiger partial charge in [0.2, 0.25) is 0 Å². The number of aromatic nitrogens is 3. The summed E-state index contributed by atoms with van der Waals surface area (Å²) < 4.78 is 2.14. The summed E-state index contributed by atoms with van der Waals surface area (Å²) in [5.74, 6) is 1.78. The van der Waals surface area contributed by atoms with E-state index in [1.807, 2.05) is 0 Å². The molecule has 0 bridgehead atoms. The third kappa shape index (κ3) is 1.42. The zero-order valence-corrected chi connectivity index (χ0v) is 8.98. The summed E-state index contributed by atoms with van der Waals surface area (Å²) in [6, 6.07) is 4.21. The van der Waals surface area contributed by atoms with Gasteiger partial charge in [0.25, 0.3) is 0 Å². The summed E-state index contributed by atoms with van der Waals surface area (Å²) in [7, 11) is 0. The Morgan fingerprint density at radius 3 is 2.87 bits per heavy atom. The van der Waals surface area contributed by atoms with Crippen molar-refractivity contribution in [2.75, 3.05) is 0 Å². The zero-order chi connectivity index (χ0) is 10.3. The molecule has 1 fully saturated rings. The molecule has 1 saturated carbocycles. The minimum Gasteiger partial charge on any atom is -0.286 e. The number of nitrogens with zero attached hydrogens (tertiary/aromatic N) is 3. The highest BCUT2D eigenvalue weighted by Crippen LogP contribution is 2.32. The van der Waals surface area contributed by atoms with E-state index in [1.54, 1.807) is 0 Å². The average Bonchev–Trinajstić information content (AvgIpc) is 2.82. The monoisotopic (exact) mass is 201 g/mol. The highest BCUT2D eigenvalue weighted by atomic mass is 15.2. The van der Waals surface area contributed by atoms with Crippen LogP contribution in [0.5, 0.6) is 0 Å². The van der Waals surface area contributed by atoms with E-state index in [2.05, 4.69) is 39.9 Å². The maximum Gasteiger partial charge on any atom is 0.161 e. The van der Waals surface area contributed by atoms with E-state index in [0.717, 1.165) is 11.5 Å². The van der Waals surface area contributed by atoms with Crippen LogP contribution < -0.4 is 0 Å². The molecule has 0 radical (unpaired) electrons. The molecule has 0 aromatic carbocycles. The van der Waals surface area contributed by atoms with Crippen molar-refractivity contribution in [3.05, 3.63) is 29.7 Å². The Bertz CT molecular complexity index is 481. The first-order valence-electron chi connectivity index (χ1n) is 5.66. The quantitative estimate of drug-likeness (QED) is 0.710. The smallest absolute Gasteiger partial charge is 0.161 e. The highest BCUT2D eigenvalue weighted by Gasteiger charge is 2.21. The van der Waals surface area contributed by atoms with E-state index in [-0.39, 0.29) is 0 Å². The topological polar surface area (TPSA) is 30.2 Å². The first-order chi connectivity index (χ1) is 7.34. The van der Waals surface area contributed by atoms with E-state index in [1.165, 1.54) is 31.2 Å². The van der Waals surface area contributed by atoms with Crippen molar-refractivity contribution >= 4 is 5.65 Å². The second-order valence-electron chi connectivity index (χ2n) is 4.47. The first-order valence-corrected chi connectivity index (χ1v) is 5.66. The van der Waals surface area contributed by atoms with Gasteiger partial charge in [-0.3, -0.25) is 4.40 Å². The molecule has 2 aromatic rings. The van der Waals surface area contributed by atoms with Crippen molar-refractivity contribution in [1.29, 1.82) is 0 Å². The van der Waals surface area contributed by atoms with Gasteiger partial charge in [-0.05, 0) is 37.5 Å². The summed E-state index contributed by atoms with van der Waals surface area (Å²) in [4.78, 5) is 0. The van der Waals surface area contributed by atoms with Crippen LogP contribution in [0.3, 0.4) is 0 Å². The lowest BCUT2D eigenvalue weighted by atomic mass is 10.1. The van der Waals surface area contributed by atoms with Crippen molar-refractivity contribution in [3.63, 3.8) is 0 Å². The fourth-order valence-electron chi connectivity index (χ4n) is 2.47. The number of pyridine rings is 1. The van der Waals surface area contributed by atoms with Crippen LogP contribution in [0.4, 0.5) is 0 Å². The Kier molecular flexibility index (Phi) is 1.97. The Labute approximate surface area is 89.1 Å². The van der Waals surface area contributed by atoms with Crippen molar-refractivity contribution in [1.82, 2.24) is 14.6 Å². The molecule has 0 aliphatic heterocycles. The fraction of sp³-hybridized carbons (Fsp3) is 0.500. The van der Waals surface area contributed by atoms with Gasteiger partial charge in [-0.2, -0.15) is 0 Å². The van der Waals surface area contributed by atoms with Crippen LogP contribution in [0.2, 0.25) is 0 Å². The van der Waals surface area contributed by atoms with Crippen LogP contribution in [0.25, 0.3) is 5.65 Å². The van der Waals surface area contributed by atoms with Crippen LogP contribution in [-0.4, -0.2) is 14.6 Å². The van der Waals surface area contributed by atoms with E-state index < -0.39 is 0 Å². The molecule has 3 nitrogen and oxygen atoms in total. The summed E-state index contributed by atoms with van der Waals surface area (Å²) in [5, 5.41) is 8.57. The molecule has 15 heavy (non-hydrogen) atoms. The molecule has 2 aromatic heterocycles. The predicted octanol–water partition coefficient (Wildman–Crippen LogP) is 2.70. The maximum absolute atomic E-state index is 4.33. The standard InChI is InChI=1S/C12H15N3/c1-9-6-7-15-11(8-9)13-14-12(15)10-4-2-3-5-10/h6-8,10H,2-5H2,1H3. The molecule has 1 aliphatic carbocycles. The molecule has 0 N–H and O–H groups in total. The molecule has 0 unspecified atom stereocenters. The summed E-state index contributed by atoms with van der Waals surface area (Å²) in [5.41, 5.74) is 2.23. The van der Waals surface area contributed by atoms with Crippen molar-refractivity contribution < 1.29 is 0 Å². The summed E-state index contributed by atoms with van der Waals surface area (Å²) in [6.45, 7) is 2.09. The number of fused-ring (bicyclic) bond motifs is 1. The van der Waals surface area contributed by atoms with Gasteiger partial charge in [-0.15, -0.1) is 10.2 Å². The van der Waals surface area contributed by atoms with Gasteiger partial charge >= 0.3 is 0 Å². The number of hydrogen-bond acceptors (Lipinski definition) is 2. The van der Waals surface area contributed by atoms with E-state index in [9.17, 15) is 0 Å². The lowest BCUT2D eigenvalue weighted by molar-refractivity contribution is 0.658. The highest BCUT2D eigenvalue weighted by molar-refractivity contribution is 5.41. The first kappa shape index (κ1) is 8.89. The molecule has 0 spiro atoms. The van der Waals surface area contributed by atoms with Crippen molar-refractivity contribution in [3.8, 4) is 0 Å². The van der Waals surface area contributed by atoms with Crippen LogP contribution in [0.15, 0.2) is 18.3 Å². The van der Waals surface area contributed by atoms with Gasteiger partial charge in [0.05, 0.1) is 0 Å². The molecule has 3 heteroatoms. The van der Waals surface area contributed by atoms with Gasteiger partial charge in [0, 0.05) is 12.1 Å². The number of aryl methyl sites for hydroxylation is 1. The lowest BCUT2D eigenvalue weighted by Crippen LogP contribution is -1.99. The van der Waals surface area contributed by atoms with Gasteiger partial charge in [0.1, 0.15) is 5.82 Å². The van der Waals surface area contributed by atoms with Crippen LogP contribution in [0, 0.1) is 6.92 Å². The van der Waals surface area contributed by atoms with Crippen molar-refractivity contribution in [2.24, 2.45) is 0 Å². The minimum atomic E-state index is 0.628. The molecule has 1 aliphatic rings. The molecule has 0 saturated heterocycles. The van der Waals surface area contributed by atoms with Gasteiger partial charge in [-0.1, -0.05) is 12.8 Å². The van der Waals surface area contributed by atoms with Crippen molar-refractivity contribution in [2.45, 2.75) is 38.5 Å². The van der Waals surface area contributed by atoms with E-state index in [4.69, 9.17) is 0 Å².